The summed E-state index contributed by atoms with van der Waals surface area (Å²) in [5.41, 5.74) is 0.767. The molecule has 4 heteroatoms. The highest BCUT2D eigenvalue weighted by Crippen LogP contribution is 2.40. The van der Waals surface area contributed by atoms with E-state index in [4.69, 9.17) is 0 Å². The van der Waals surface area contributed by atoms with Gasteiger partial charge in [0.05, 0.1) is 5.41 Å². The van der Waals surface area contributed by atoms with E-state index in [2.05, 4.69) is 5.32 Å². The third kappa shape index (κ3) is 2.23. The Kier molecular flexibility index (Phi) is 3.36. The van der Waals surface area contributed by atoms with Crippen molar-refractivity contribution in [3.05, 3.63) is 35.4 Å². The van der Waals surface area contributed by atoms with E-state index in [1.54, 1.807) is 12.1 Å². The fourth-order valence-electron chi connectivity index (χ4n) is 2.24. The molecule has 4 nitrogen and oxygen atoms in total. The first-order valence-electron chi connectivity index (χ1n) is 6.12. The van der Waals surface area contributed by atoms with E-state index in [-0.39, 0.29) is 12.5 Å². The third-order valence-electron chi connectivity index (χ3n) is 3.74. The molecule has 1 aromatic rings. The molecule has 0 heterocycles. The summed E-state index contributed by atoms with van der Waals surface area (Å²) in [6, 6.07) is 7.29. The molecular formula is C14H17NO3. The minimum atomic E-state index is -0.807. The van der Waals surface area contributed by atoms with Crippen molar-refractivity contribution in [2.75, 3.05) is 6.54 Å². The maximum Gasteiger partial charge on any atom is 0.311 e. The maximum atomic E-state index is 12.0. The zero-order chi connectivity index (χ0) is 13.2. The van der Waals surface area contributed by atoms with Crippen LogP contribution < -0.4 is 5.32 Å². The SMILES string of the molecule is Cc1ccccc1C(=O)NCC1(C(=O)O)CCC1. The molecule has 0 spiro atoms. The van der Waals surface area contributed by atoms with Crippen molar-refractivity contribution in [1.82, 2.24) is 5.32 Å². The van der Waals surface area contributed by atoms with Crippen molar-refractivity contribution < 1.29 is 14.7 Å². The summed E-state index contributed by atoms with van der Waals surface area (Å²) in [4.78, 5) is 23.1. The molecule has 0 saturated heterocycles. The van der Waals surface area contributed by atoms with Gasteiger partial charge in [0.2, 0.25) is 0 Å². The van der Waals surface area contributed by atoms with E-state index >= 15 is 0 Å². The topological polar surface area (TPSA) is 66.4 Å². The molecule has 1 fully saturated rings. The molecule has 1 amide bonds. The van der Waals surface area contributed by atoms with Gasteiger partial charge in [-0.1, -0.05) is 24.6 Å². The van der Waals surface area contributed by atoms with Crippen LogP contribution in [0.5, 0.6) is 0 Å². The van der Waals surface area contributed by atoms with Crippen LogP contribution in [-0.4, -0.2) is 23.5 Å². The van der Waals surface area contributed by atoms with Crippen LogP contribution in [0.25, 0.3) is 0 Å². The number of carbonyl (C=O) groups is 2. The molecule has 0 atom stereocenters. The number of carbonyl (C=O) groups excluding carboxylic acids is 1. The first-order chi connectivity index (χ1) is 8.55. The van der Waals surface area contributed by atoms with E-state index in [9.17, 15) is 14.7 Å². The molecule has 0 aliphatic heterocycles. The van der Waals surface area contributed by atoms with Gasteiger partial charge in [0.1, 0.15) is 0 Å². The van der Waals surface area contributed by atoms with Crippen molar-refractivity contribution in [2.24, 2.45) is 5.41 Å². The van der Waals surface area contributed by atoms with E-state index in [0.29, 0.717) is 18.4 Å². The van der Waals surface area contributed by atoms with Crippen molar-refractivity contribution in [2.45, 2.75) is 26.2 Å². The fraction of sp³-hybridized carbons (Fsp3) is 0.429. The van der Waals surface area contributed by atoms with Gasteiger partial charge in [-0.15, -0.1) is 0 Å². The summed E-state index contributed by atoms with van der Waals surface area (Å²) in [6.45, 7) is 2.08. The predicted molar refractivity (Wildman–Crippen MR) is 67.4 cm³/mol. The first kappa shape index (κ1) is 12.6. The normalized spacial score (nSPS) is 16.7. The highest BCUT2D eigenvalue weighted by molar-refractivity contribution is 5.95. The number of rotatable bonds is 4. The van der Waals surface area contributed by atoms with Gasteiger partial charge in [-0.3, -0.25) is 9.59 Å². The van der Waals surface area contributed by atoms with E-state index in [1.807, 2.05) is 19.1 Å². The van der Waals surface area contributed by atoms with Gasteiger partial charge in [-0.2, -0.15) is 0 Å². The average Bonchev–Trinajstić information content (AvgIpc) is 2.27. The van der Waals surface area contributed by atoms with Gasteiger partial charge in [0, 0.05) is 12.1 Å². The van der Waals surface area contributed by atoms with E-state index < -0.39 is 11.4 Å². The molecule has 1 aromatic carbocycles. The lowest BCUT2D eigenvalue weighted by molar-refractivity contribution is -0.153. The second kappa shape index (κ2) is 4.80. The van der Waals surface area contributed by atoms with Gasteiger partial charge in [0.15, 0.2) is 0 Å². The molecule has 1 aliphatic carbocycles. The van der Waals surface area contributed by atoms with Crippen LogP contribution in [0.4, 0.5) is 0 Å². The molecule has 18 heavy (non-hydrogen) atoms. The summed E-state index contributed by atoms with van der Waals surface area (Å²) in [7, 11) is 0. The van der Waals surface area contributed by atoms with Gasteiger partial charge in [-0.25, -0.2) is 0 Å². The molecule has 1 saturated carbocycles. The fourth-order valence-corrected chi connectivity index (χ4v) is 2.24. The smallest absolute Gasteiger partial charge is 0.311 e. The number of aryl methyl sites for hydroxylation is 1. The highest BCUT2D eigenvalue weighted by atomic mass is 16.4. The average molecular weight is 247 g/mol. The molecule has 0 unspecified atom stereocenters. The van der Waals surface area contributed by atoms with Crippen LogP contribution in [0.1, 0.15) is 35.2 Å². The van der Waals surface area contributed by atoms with Crippen LogP contribution in [0.3, 0.4) is 0 Å². The second-order valence-corrected chi connectivity index (χ2v) is 4.94. The summed E-state index contributed by atoms with van der Waals surface area (Å²) in [5.74, 6) is -1.00. The minimum absolute atomic E-state index is 0.194. The van der Waals surface area contributed by atoms with Crippen LogP contribution in [0.15, 0.2) is 24.3 Å². The molecule has 0 radical (unpaired) electrons. The van der Waals surface area contributed by atoms with Gasteiger partial charge < -0.3 is 10.4 Å². The Balaban J connectivity index is 2.01. The van der Waals surface area contributed by atoms with Crippen LogP contribution >= 0.6 is 0 Å². The molecule has 1 aliphatic rings. The Hall–Kier alpha value is -1.84. The quantitative estimate of drug-likeness (QED) is 0.855. The van der Waals surface area contributed by atoms with Gasteiger partial charge in [-0.05, 0) is 31.4 Å². The Morgan fingerprint density at radius 3 is 2.50 bits per heavy atom. The Labute approximate surface area is 106 Å². The third-order valence-corrected chi connectivity index (χ3v) is 3.74. The molecule has 0 bridgehead atoms. The standard InChI is InChI=1S/C14H17NO3/c1-10-5-2-3-6-11(10)12(16)15-9-14(13(17)18)7-4-8-14/h2-3,5-6H,4,7-9H2,1H3,(H,15,16)(H,17,18). The van der Waals surface area contributed by atoms with Gasteiger partial charge >= 0.3 is 5.97 Å². The molecule has 0 aromatic heterocycles. The molecular weight excluding hydrogens is 230 g/mol. The zero-order valence-corrected chi connectivity index (χ0v) is 10.4. The number of carboxylic acid groups (broad SMARTS) is 1. The lowest BCUT2D eigenvalue weighted by Crippen LogP contribution is -2.47. The lowest BCUT2D eigenvalue weighted by Gasteiger charge is -2.37. The van der Waals surface area contributed by atoms with Crippen LogP contribution in [0, 0.1) is 12.3 Å². The monoisotopic (exact) mass is 247 g/mol. The summed E-state index contributed by atoms with van der Waals surface area (Å²) in [6.07, 6.45) is 2.22. The second-order valence-electron chi connectivity index (χ2n) is 4.94. The number of carboxylic acids is 1. The Morgan fingerprint density at radius 2 is 2.00 bits per heavy atom. The number of hydrogen-bond acceptors (Lipinski definition) is 2. The van der Waals surface area contributed by atoms with E-state index in [1.165, 1.54) is 0 Å². The number of amides is 1. The summed E-state index contributed by atoms with van der Waals surface area (Å²) >= 11 is 0. The van der Waals surface area contributed by atoms with Crippen LogP contribution in [0.2, 0.25) is 0 Å². The molecule has 2 rings (SSSR count). The number of aliphatic carboxylic acids is 1. The zero-order valence-electron chi connectivity index (χ0n) is 10.4. The summed E-state index contributed by atoms with van der Waals surface area (Å²) in [5, 5.41) is 11.9. The number of nitrogens with one attached hydrogen (secondary N) is 1. The van der Waals surface area contributed by atoms with Crippen LogP contribution in [-0.2, 0) is 4.79 Å². The lowest BCUT2D eigenvalue weighted by atomic mass is 9.69. The van der Waals surface area contributed by atoms with Crippen molar-refractivity contribution in [1.29, 1.82) is 0 Å². The first-order valence-corrected chi connectivity index (χ1v) is 6.12. The summed E-state index contributed by atoms with van der Waals surface area (Å²) < 4.78 is 0. The van der Waals surface area contributed by atoms with Crippen molar-refractivity contribution in [3.8, 4) is 0 Å². The van der Waals surface area contributed by atoms with Crippen molar-refractivity contribution in [3.63, 3.8) is 0 Å². The Bertz CT molecular complexity index is 478. The van der Waals surface area contributed by atoms with Crippen molar-refractivity contribution >= 4 is 11.9 Å². The maximum absolute atomic E-state index is 12.0. The molecule has 96 valence electrons. The number of benzene rings is 1. The minimum Gasteiger partial charge on any atom is -0.481 e. The number of hydrogen-bond donors (Lipinski definition) is 2. The Morgan fingerprint density at radius 1 is 1.33 bits per heavy atom. The largest absolute Gasteiger partial charge is 0.481 e. The predicted octanol–water partition coefficient (Wildman–Crippen LogP) is 1.98. The van der Waals surface area contributed by atoms with Gasteiger partial charge in [0.25, 0.3) is 5.91 Å². The van der Waals surface area contributed by atoms with E-state index in [0.717, 1.165) is 12.0 Å². The molecule has 2 N–H and O–H groups in total. The highest BCUT2D eigenvalue weighted by Gasteiger charge is 2.44.